The van der Waals surface area contributed by atoms with Gasteiger partial charge in [0, 0.05) is 18.3 Å². The SMILES string of the molecule is Clc1cnccc1[C@@H]1C=CCCC1. The molecular formula is C11H12ClN. The predicted octanol–water partition coefficient (Wildman–Crippen LogP) is 3.56. The molecule has 1 aliphatic rings. The Morgan fingerprint density at radius 2 is 2.38 bits per heavy atom. The summed E-state index contributed by atoms with van der Waals surface area (Å²) in [4.78, 5) is 3.98. The Kier molecular flexibility index (Phi) is 2.65. The van der Waals surface area contributed by atoms with Gasteiger partial charge >= 0.3 is 0 Å². The standard InChI is InChI=1S/C11H12ClN/c12-11-8-13-7-6-10(11)9-4-2-1-3-5-9/h2,4,6-9H,1,3,5H2/t9-/m1/s1. The Morgan fingerprint density at radius 1 is 1.46 bits per heavy atom. The van der Waals surface area contributed by atoms with E-state index < -0.39 is 0 Å². The van der Waals surface area contributed by atoms with Gasteiger partial charge in [0.1, 0.15) is 0 Å². The van der Waals surface area contributed by atoms with Crippen LogP contribution in [0, 0.1) is 0 Å². The number of aromatic nitrogens is 1. The van der Waals surface area contributed by atoms with Gasteiger partial charge in [0.2, 0.25) is 0 Å². The summed E-state index contributed by atoms with van der Waals surface area (Å²) in [5, 5.41) is 0.791. The van der Waals surface area contributed by atoms with Gasteiger partial charge in [0.15, 0.2) is 0 Å². The zero-order chi connectivity index (χ0) is 9.10. The Bertz CT molecular complexity index is 320. The number of hydrogen-bond acceptors (Lipinski definition) is 1. The molecule has 0 aromatic carbocycles. The average molecular weight is 194 g/mol. The number of hydrogen-bond donors (Lipinski definition) is 0. The lowest BCUT2D eigenvalue weighted by molar-refractivity contribution is 0.654. The van der Waals surface area contributed by atoms with Crippen LogP contribution in [-0.4, -0.2) is 4.98 Å². The molecule has 1 atom stereocenters. The van der Waals surface area contributed by atoms with Crippen molar-refractivity contribution in [3.63, 3.8) is 0 Å². The van der Waals surface area contributed by atoms with Crippen molar-refractivity contribution in [3.05, 3.63) is 41.2 Å². The van der Waals surface area contributed by atoms with E-state index in [2.05, 4.69) is 17.1 Å². The number of rotatable bonds is 1. The van der Waals surface area contributed by atoms with Crippen molar-refractivity contribution >= 4 is 11.6 Å². The van der Waals surface area contributed by atoms with Gasteiger partial charge in [-0.1, -0.05) is 23.8 Å². The second-order valence-corrected chi connectivity index (χ2v) is 3.77. The molecule has 0 saturated carbocycles. The maximum absolute atomic E-state index is 6.06. The molecule has 68 valence electrons. The van der Waals surface area contributed by atoms with E-state index in [9.17, 15) is 0 Å². The molecule has 0 amide bonds. The van der Waals surface area contributed by atoms with Crippen molar-refractivity contribution in [3.8, 4) is 0 Å². The molecule has 0 bridgehead atoms. The van der Waals surface area contributed by atoms with E-state index in [4.69, 9.17) is 11.6 Å². The largest absolute Gasteiger partial charge is 0.263 e. The first-order valence-corrected chi connectivity index (χ1v) is 5.02. The van der Waals surface area contributed by atoms with Crippen LogP contribution in [-0.2, 0) is 0 Å². The first kappa shape index (κ1) is 8.76. The van der Waals surface area contributed by atoms with Crippen LogP contribution in [0.25, 0.3) is 0 Å². The van der Waals surface area contributed by atoms with Crippen molar-refractivity contribution in [2.45, 2.75) is 25.2 Å². The molecule has 0 N–H and O–H groups in total. The van der Waals surface area contributed by atoms with Gasteiger partial charge in [-0.05, 0) is 30.9 Å². The summed E-state index contributed by atoms with van der Waals surface area (Å²) in [5.74, 6) is 0.504. The highest BCUT2D eigenvalue weighted by Gasteiger charge is 2.13. The molecule has 1 nitrogen and oxygen atoms in total. The van der Waals surface area contributed by atoms with Crippen molar-refractivity contribution in [2.24, 2.45) is 0 Å². The molecular weight excluding hydrogens is 182 g/mol. The highest BCUT2D eigenvalue weighted by Crippen LogP contribution is 2.31. The van der Waals surface area contributed by atoms with Crippen LogP contribution < -0.4 is 0 Å². The Morgan fingerprint density at radius 3 is 3.08 bits per heavy atom. The third kappa shape index (κ3) is 1.92. The summed E-state index contributed by atoms with van der Waals surface area (Å²) >= 11 is 6.06. The summed E-state index contributed by atoms with van der Waals surface area (Å²) < 4.78 is 0. The minimum Gasteiger partial charge on any atom is -0.263 e. The Balaban J connectivity index is 2.29. The third-order valence-corrected chi connectivity index (χ3v) is 2.77. The maximum atomic E-state index is 6.06. The molecule has 0 aliphatic heterocycles. The smallest absolute Gasteiger partial charge is 0.0627 e. The van der Waals surface area contributed by atoms with Crippen LogP contribution in [0.1, 0.15) is 30.7 Å². The van der Waals surface area contributed by atoms with Crippen LogP contribution in [0.4, 0.5) is 0 Å². The quantitative estimate of drug-likeness (QED) is 0.622. The average Bonchev–Trinajstić information content (AvgIpc) is 2.20. The minimum absolute atomic E-state index is 0.504. The fraction of sp³-hybridized carbons (Fsp3) is 0.364. The lowest BCUT2D eigenvalue weighted by Gasteiger charge is -2.17. The summed E-state index contributed by atoms with van der Waals surface area (Å²) in [7, 11) is 0. The van der Waals surface area contributed by atoms with Gasteiger partial charge in [-0.2, -0.15) is 0 Å². The molecule has 1 aromatic heterocycles. The monoisotopic (exact) mass is 193 g/mol. The third-order valence-electron chi connectivity index (χ3n) is 2.46. The molecule has 1 aromatic rings. The van der Waals surface area contributed by atoms with Gasteiger partial charge in [-0.25, -0.2) is 0 Å². The van der Waals surface area contributed by atoms with Gasteiger partial charge in [-0.15, -0.1) is 0 Å². The van der Waals surface area contributed by atoms with E-state index in [1.54, 1.807) is 6.20 Å². The molecule has 2 rings (SSSR count). The summed E-state index contributed by atoms with van der Waals surface area (Å²) in [6.07, 6.45) is 11.7. The van der Waals surface area contributed by atoms with E-state index in [0.717, 1.165) is 5.02 Å². The molecule has 2 heteroatoms. The minimum atomic E-state index is 0.504. The lowest BCUT2D eigenvalue weighted by atomic mass is 9.90. The van der Waals surface area contributed by atoms with Crippen LogP contribution in [0.2, 0.25) is 5.02 Å². The number of nitrogens with zero attached hydrogens (tertiary/aromatic N) is 1. The van der Waals surface area contributed by atoms with Gasteiger partial charge in [-0.3, -0.25) is 4.98 Å². The van der Waals surface area contributed by atoms with Crippen molar-refractivity contribution < 1.29 is 0 Å². The molecule has 1 heterocycles. The summed E-state index contributed by atoms with van der Waals surface area (Å²) in [6, 6.07) is 2.02. The van der Waals surface area contributed by atoms with Crippen molar-refractivity contribution in [1.82, 2.24) is 4.98 Å². The van der Waals surface area contributed by atoms with Gasteiger partial charge in [0.05, 0.1) is 5.02 Å². The topological polar surface area (TPSA) is 12.9 Å². The number of halogens is 1. The predicted molar refractivity (Wildman–Crippen MR) is 55.0 cm³/mol. The second kappa shape index (κ2) is 3.93. The molecule has 0 saturated heterocycles. The van der Waals surface area contributed by atoms with E-state index in [1.807, 2.05) is 12.3 Å². The molecule has 0 radical (unpaired) electrons. The van der Waals surface area contributed by atoms with Crippen LogP contribution in [0.3, 0.4) is 0 Å². The first-order valence-electron chi connectivity index (χ1n) is 4.64. The summed E-state index contributed by atoms with van der Waals surface area (Å²) in [6.45, 7) is 0. The highest BCUT2D eigenvalue weighted by molar-refractivity contribution is 6.31. The molecule has 1 aliphatic carbocycles. The summed E-state index contributed by atoms with van der Waals surface area (Å²) in [5.41, 5.74) is 1.22. The van der Waals surface area contributed by atoms with Crippen LogP contribution in [0.5, 0.6) is 0 Å². The Hall–Kier alpha value is -0.820. The van der Waals surface area contributed by atoms with Crippen LogP contribution in [0.15, 0.2) is 30.6 Å². The number of allylic oxidation sites excluding steroid dienone is 2. The van der Waals surface area contributed by atoms with Crippen LogP contribution >= 0.6 is 11.6 Å². The number of pyridine rings is 1. The highest BCUT2D eigenvalue weighted by atomic mass is 35.5. The van der Waals surface area contributed by atoms with Crippen molar-refractivity contribution in [1.29, 1.82) is 0 Å². The molecule has 0 spiro atoms. The maximum Gasteiger partial charge on any atom is 0.0627 e. The second-order valence-electron chi connectivity index (χ2n) is 3.36. The zero-order valence-corrected chi connectivity index (χ0v) is 8.17. The van der Waals surface area contributed by atoms with E-state index in [1.165, 1.54) is 24.8 Å². The van der Waals surface area contributed by atoms with E-state index in [-0.39, 0.29) is 0 Å². The molecule has 13 heavy (non-hydrogen) atoms. The first-order chi connectivity index (χ1) is 6.38. The van der Waals surface area contributed by atoms with Gasteiger partial charge in [0.25, 0.3) is 0 Å². The lowest BCUT2D eigenvalue weighted by Crippen LogP contribution is -2.00. The Labute approximate surface area is 83.4 Å². The normalized spacial score (nSPS) is 21.8. The van der Waals surface area contributed by atoms with E-state index in [0.29, 0.717) is 5.92 Å². The fourth-order valence-corrected chi connectivity index (χ4v) is 2.02. The fourth-order valence-electron chi connectivity index (χ4n) is 1.76. The van der Waals surface area contributed by atoms with Gasteiger partial charge < -0.3 is 0 Å². The zero-order valence-electron chi connectivity index (χ0n) is 7.41. The molecule has 0 fully saturated rings. The van der Waals surface area contributed by atoms with Crippen molar-refractivity contribution in [2.75, 3.05) is 0 Å². The molecule has 0 unspecified atom stereocenters. The van der Waals surface area contributed by atoms with E-state index >= 15 is 0 Å².